The van der Waals surface area contributed by atoms with E-state index >= 15 is 0 Å². The van der Waals surface area contributed by atoms with Gasteiger partial charge in [0.05, 0.1) is 18.4 Å². The second kappa shape index (κ2) is 6.21. The van der Waals surface area contributed by atoms with Crippen LogP contribution in [-0.4, -0.2) is 19.0 Å². The quantitative estimate of drug-likeness (QED) is 0.766. The first-order chi connectivity index (χ1) is 8.44. The van der Waals surface area contributed by atoms with Crippen molar-refractivity contribution in [2.24, 2.45) is 23.0 Å². The maximum atomic E-state index is 12.2. The first-order valence-corrected chi connectivity index (χ1v) is 6.81. The molecule has 1 aliphatic rings. The first-order valence-electron chi connectivity index (χ1n) is 6.81. The smallest absolute Gasteiger partial charge is 0.312 e. The van der Waals surface area contributed by atoms with Gasteiger partial charge in [-0.1, -0.05) is 33.1 Å². The Morgan fingerprint density at radius 1 is 1.22 bits per heavy atom. The Bertz CT molecular complexity index is 306. The van der Waals surface area contributed by atoms with E-state index < -0.39 is 11.3 Å². The molecular formula is C14H25NO3. The number of primary amides is 1. The predicted octanol–water partition coefficient (Wildman–Crippen LogP) is 2.26. The fourth-order valence-corrected chi connectivity index (χ4v) is 3.17. The van der Waals surface area contributed by atoms with E-state index in [4.69, 9.17) is 10.5 Å². The Kier molecular flexibility index (Phi) is 5.17. The molecule has 1 rings (SSSR count). The Morgan fingerprint density at radius 2 is 1.78 bits per heavy atom. The molecule has 2 N–H and O–H groups in total. The average Bonchev–Trinajstić information content (AvgIpc) is 2.35. The minimum Gasteiger partial charge on any atom is -0.469 e. The Hall–Kier alpha value is -1.06. The molecule has 0 aromatic rings. The van der Waals surface area contributed by atoms with E-state index in [1.807, 2.05) is 13.8 Å². The van der Waals surface area contributed by atoms with Crippen molar-refractivity contribution in [2.75, 3.05) is 7.11 Å². The van der Waals surface area contributed by atoms with Crippen molar-refractivity contribution in [1.82, 2.24) is 0 Å². The third kappa shape index (κ3) is 3.03. The largest absolute Gasteiger partial charge is 0.469 e. The second-order valence-corrected chi connectivity index (χ2v) is 5.79. The lowest BCUT2D eigenvalue weighted by molar-refractivity contribution is -0.163. The topological polar surface area (TPSA) is 69.4 Å². The minimum absolute atomic E-state index is 0.258. The van der Waals surface area contributed by atoms with E-state index in [-0.39, 0.29) is 11.9 Å². The van der Waals surface area contributed by atoms with Gasteiger partial charge >= 0.3 is 5.97 Å². The molecule has 104 valence electrons. The van der Waals surface area contributed by atoms with Gasteiger partial charge in [-0.2, -0.15) is 0 Å². The zero-order valence-electron chi connectivity index (χ0n) is 11.7. The number of methoxy groups -OCH3 is 1. The van der Waals surface area contributed by atoms with Gasteiger partial charge in [0.15, 0.2) is 0 Å². The molecule has 1 amide bonds. The number of rotatable bonds is 5. The molecule has 0 heterocycles. The minimum atomic E-state index is -0.677. The van der Waals surface area contributed by atoms with Crippen molar-refractivity contribution in [3.8, 4) is 0 Å². The highest BCUT2D eigenvalue weighted by atomic mass is 16.5. The van der Waals surface area contributed by atoms with Crippen LogP contribution in [0.15, 0.2) is 0 Å². The number of carbonyl (C=O) groups is 2. The fraction of sp³-hybridized carbons (Fsp3) is 0.857. The van der Waals surface area contributed by atoms with Crippen LogP contribution in [0.5, 0.6) is 0 Å². The zero-order chi connectivity index (χ0) is 13.8. The van der Waals surface area contributed by atoms with Gasteiger partial charge in [-0.3, -0.25) is 9.59 Å². The van der Waals surface area contributed by atoms with Crippen molar-refractivity contribution in [2.45, 2.75) is 52.4 Å². The lowest BCUT2D eigenvalue weighted by Gasteiger charge is -2.40. The van der Waals surface area contributed by atoms with Gasteiger partial charge in [0.2, 0.25) is 5.91 Å². The molecule has 1 aliphatic carbocycles. The number of ether oxygens (including phenoxy) is 1. The number of amides is 1. The highest BCUT2D eigenvalue weighted by Gasteiger charge is 2.49. The molecule has 1 fully saturated rings. The van der Waals surface area contributed by atoms with Crippen LogP contribution in [0.3, 0.4) is 0 Å². The van der Waals surface area contributed by atoms with Gasteiger partial charge in [-0.05, 0) is 25.2 Å². The monoisotopic (exact) mass is 255 g/mol. The number of nitrogens with two attached hydrogens (primary N) is 1. The molecule has 0 aromatic heterocycles. The fourth-order valence-electron chi connectivity index (χ4n) is 3.17. The van der Waals surface area contributed by atoms with Crippen LogP contribution in [-0.2, 0) is 14.3 Å². The van der Waals surface area contributed by atoms with Crippen molar-refractivity contribution in [3.63, 3.8) is 0 Å². The summed E-state index contributed by atoms with van der Waals surface area (Å²) in [4.78, 5) is 24.0. The van der Waals surface area contributed by atoms with E-state index in [1.54, 1.807) is 0 Å². The molecule has 0 aromatic carbocycles. The van der Waals surface area contributed by atoms with E-state index in [9.17, 15) is 9.59 Å². The highest BCUT2D eigenvalue weighted by molar-refractivity contribution is 5.87. The number of hydrogen-bond acceptors (Lipinski definition) is 3. The van der Waals surface area contributed by atoms with Crippen LogP contribution >= 0.6 is 0 Å². The summed E-state index contributed by atoms with van der Waals surface area (Å²) < 4.78 is 4.96. The summed E-state index contributed by atoms with van der Waals surface area (Å²) in [6, 6.07) is 0. The summed E-state index contributed by atoms with van der Waals surface area (Å²) in [7, 11) is 1.39. The first kappa shape index (κ1) is 15.0. The van der Waals surface area contributed by atoms with Crippen LogP contribution in [0.25, 0.3) is 0 Å². The van der Waals surface area contributed by atoms with Crippen LogP contribution in [0.2, 0.25) is 0 Å². The predicted molar refractivity (Wildman–Crippen MR) is 69.7 cm³/mol. The molecule has 0 aliphatic heterocycles. The number of hydrogen-bond donors (Lipinski definition) is 1. The lowest BCUT2D eigenvalue weighted by atomic mass is 9.63. The van der Waals surface area contributed by atoms with Gasteiger partial charge in [0.25, 0.3) is 0 Å². The summed E-state index contributed by atoms with van der Waals surface area (Å²) >= 11 is 0. The summed E-state index contributed by atoms with van der Waals surface area (Å²) in [5, 5.41) is 0. The van der Waals surface area contributed by atoms with Gasteiger partial charge in [-0.15, -0.1) is 0 Å². The van der Waals surface area contributed by atoms with Crippen LogP contribution in [0.1, 0.15) is 52.4 Å². The number of esters is 1. The molecule has 1 saturated carbocycles. The molecule has 4 nitrogen and oxygen atoms in total. The Morgan fingerprint density at radius 3 is 2.17 bits per heavy atom. The standard InChI is InChI=1S/C14H25NO3/c1-10(2)9-11(12(15)16)14(13(17)18-3)7-5-4-6-8-14/h10-11H,4-9H2,1-3H3,(H2,15,16). The van der Waals surface area contributed by atoms with E-state index in [0.29, 0.717) is 12.3 Å². The van der Waals surface area contributed by atoms with Gasteiger partial charge in [-0.25, -0.2) is 0 Å². The normalized spacial score (nSPS) is 20.4. The molecule has 0 saturated heterocycles. The number of carbonyl (C=O) groups excluding carboxylic acids is 2. The second-order valence-electron chi connectivity index (χ2n) is 5.79. The molecular weight excluding hydrogens is 230 g/mol. The van der Waals surface area contributed by atoms with E-state index in [2.05, 4.69) is 0 Å². The Labute approximate surface area is 109 Å². The average molecular weight is 255 g/mol. The molecule has 18 heavy (non-hydrogen) atoms. The molecule has 1 atom stereocenters. The zero-order valence-corrected chi connectivity index (χ0v) is 11.7. The maximum absolute atomic E-state index is 12.2. The molecule has 0 radical (unpaired) electrons. The molecule has 1 unspecified atom stereocenters. The van der Waals surface area contributed by atoms with Crippen molar-refractivity contribution < 1.29 is 14.3 Å². The third-order valence-corrected chi connectivity index (χ3v) is 4.06. The van der Waals surface area contributed by atoms with E-state index in [0.717, 1.165) is 32.1 Å². The van der Waals surface area contributed by atoms with Crippen molar-refractivity contribution in [1.29, 1.82) is 0 Å². The molecule has 0 bridgehead atoms. The van der Waals surface area contributed by atoms with Gasteiger partial charge < -0.3 is 10.5 Å². The van der Waals surface area contributed by atoms with Crippen molar-refractivity contribution in [3.05, 3.63) is 0 Å². The summed E-state index contributed by atoms with van der Waals surface area (Å²) in [6.45, 7) is 4.09. The third-order valence-electron chi connectivity index (χ3n) is 4.06. The maximum Gasteiger partial charge on any atom is 0.312 e. The SMILES string of the molecule is COC(=O)C1(C(CC(C)C)C(N)=O)CCCCC1. The van der Waals surface area contributed by atoms with Gasteiger partial charge in [0.1, 0.15) is 0 Å². The Balaban J connectivity index is 3.04. The highest BCUT2D eigenvalue weighted by Crippen LogP contribution is 2.45. The van der Waals surface area contributed by atoms with Gasteiger partial charge in [0, 0.05) is 0 Å². The molecule has 0 spiro atoms. The van der Waals surface area contributed by atoms with E-state index in [1.165, 1.54) is 7.11 Å². The summed E-state index contributed by atoms with van der Waals surface area (Å²) in [5.41, 5.74) is 4.87. The van der Waals surface area contributed by atoms with Crippen LogP contribution in [0, 0.1) is 17.3 Å². The lowest BCUT2D eigenvalue weighted by Crippen LogP contribution is -2.47. The summed E-state index contributed by atoms with van der Waals surface area (Å²) in [6.07, 6.45) is 5.16. The summed E-state index contributed by atoms with van der Waals surface area (Å²) in [5.74, 6) is -0.682. The van der Waals surface area contributed by atoms with Crippen LogP contribution in [0.4, 0.5) is 0 Å². The molecule has 4 heteroatoms. The van der Waals surface area contributed by atoms with Crippen molar-refractivity contribution >= 4 is 11.9 Å². The van der Waals surface area contributed by atoms with Crippen LogP contribution < -0.4 is 5.73 Å².